The van der Waals surface area contributed by atoms with Crippen molar-refractivity contribution in [3.8, 4) is 23.7 Å². The molecule has 0 heteroatoms. The summed E-state index contributed by atoms with van der Waals surface area (Å²) < 4.78 is 0. The van der Waals surface area contributed by atoms with Gasteiger partial charge in [-0.15, -0.1) is 0 Å². The van der Waals surface area contributed by atoms with E-state index >= 15 is 0 Å². The molecular weight excluding hydrogens is 240 g/mol. The van der Waals surface area contributed by atoms with Crippen molar-refractivity contribution in [2.24, 2.45) is 45.3 Å². The fourth-order valence-corrected chi connectivity index (χ4v) is 6.62. The molecule has 0 aromatic heterocycles. The van der Waals surface area contributed by atoms with E-state index in [1.54, 1.807) is 0 Å². The Balaban J connectivity index is 1.87. The quantitative estimate of drug-likeness (QED) is 0.619. The molecule has 4 rings (SSSR count). The first-order chi connectivity index (χ1) is 9.22. The highest BCUT2D eigenvalue weighted by Crippen LogP contribution is 2.93. The molecule has 0 amide bonds. The Labute approximate surface area is 124 Å². The zero-order chi connectivity index (χ0) is 14.6. The van der Waals surface area contributed by atoms with Crippen LogP contribution in [0.25, 0.3) is 0 Å². The Morgan fingerprint density at radius 2 is 1.00 bits per heavy atom. The van der Waals surface area contributed by atoms with Crippen LogP contribution in [0.1, 0.15) is 54.4 Å². The molecule has 0 bridgehead atoms. The molecule has 6 atom stereocenters. The molecule has 0 saturated heterocycles. The van der Waals surface area contributed by atoms with Crippen molar-refractivity contribution in [3.63, 3.8) is 0 Å². The van der Waals surface area contributed by atoms with Gasteiger partial charge in [0.15, 0.2) is 0 Å². The average Bonchev–Trinajstić information content (AvgIpc) is 3.06. The van der Waals surface area contributed by atoms with E-state index in [-0.39, 0.29) is 0 Å². The van der Waals surface area contributed by atoms with Gasteiger partial charge in [-0.05, 0) is 34.5 Å². The normalized spacial score (nSPS) is 55.3. The van der Waals surface area contributed by atoms with Gasteiger partial charge in [0.05, 0.1) is 0 Å². The predicted molar refractivity (Wildman–Crippen MR) is 82.5 cm³/mol. The maximum atomic E-state index is 3.64. The van der Waals surface area contributed by atoms with Crippen molar-refractivity contribution in [2.75, 3.05) is 0 Å². The summed E-state index contributed by atoms with van der Waals surface area (Å²) >= 11 is 0. The minimum atomic E-state index is 0.384. The summed E-state index contributed by atoms with van der Waals surface area (Å²) in [5.74, 6) is 16.6. The van der Waals surface area contributed by atoms with Crippen LogP contribution in [0.3, 0.4) is 0 Å². The summed E-state index contributed by atoms with van der Waals surface area (Å²) in [5, 5.41) is 0. The lowest BCUT2D eigenvalue weighted by Crippen LogP contribution is -2.33. The third-order valence-electron chi connectivity index (χ3n) is 7.56. The van der Waals surface area contributed by atoms with Gasteiger partial charge in [0.1, 0.15) is 0 Å². The minimum absolute atomic E-state index is 0.384. The molecule has 0 spiro atoms. The average molecular weight is 266 g/mol. The van der Waals surface area contributed by atoms with Crippen LogP contribution in [0.2, 0.25) is 0 Å². The van der Waals surface area contributed by atoms with E-state index in [0.29, 0.717) is 45.3 Å². The summed E-state index contributed by atoms with van der Waals surface area (Å²) in [5.41, 5.74) is 1.63. The molecule has 0 aromatic rings. The lowest BCUT2D eigenvalue weighted by Gasteiger charge is -2.38. The second kappa shape index (κ2) is 3.14. The van der Waals surface area contributed by atoms with Crippen molar-refractivity contribution in [3.05, 3.63) is 0 Å². The van der Waals surface area contributed by atoms with Crippen LogP contribution in [-0.4, -0.2) is 0 Å². The Morgan fingerprint density at radius 1 is 0.650 bits per heavy atom. The predicted octanol–water partition coefficient (Wildman–Crippen LogP) is 4.36. The molecule has 106 valence electrons. The van der Waals surface area contributed by atoms with E-state index in [9.17, 15) is 0 Å². The zero-order valence-electron chi connectivity index (χ0n) is 13.7. The molecular formula is C20H26. The van der Waals surface area contributed by atoms with Crippen LogP contribution < -0.4 is 0 Å². The SMILES string of the molecule is CC1C#CC2C(C)(C)C2(C23CC(C)C#CC2C3(C)C)C1. The zero-order valence-corrected chi connectivity index (χ0v) is 13.7. The second-order valence-corrected chi connectivity index (χ2v) is 9.04. The van der Waals surface area contributed by atoms with Gasteiger partial charge in [-0.2, -0.15) is 0 Å². The number of hydrogen-bond donors (Lipinski definition) is 0. The van der Waals surface area contributed by atoms with Crippen molar-refractivity contribution < 1.29 is 0 Å². The smallest absolute Gasteiger partial charge is 0.0328 e. The summed E-state index contributed by atoms with van der Waals surface area (Å²) in [7, 11) is 0. The molecule has 0 radical (unpaired) electrons. The van der Waals surface area contributed by atoms with Crippen molar-refractivity contribution in [1.82, 2.24) is 0 Å². The molecule has 0 aromatic carbocycles. The third kappa shape index (κ3) is 1.02. The van der Waals surface area contributed by atoms with Gasteiger partial charge < -0.3 is 0 Å². The molecule has 4 aliphatic rings. The van der Waals surface area contributed by atoms with Crippen molar-refractivity contribution >= 4 is 0 Å². The molecule has 4 aliphatic carbocycles. The van der Waals surface area contributed by atoms with E-state index < -0.39 is 0 Å². The Bertz CT molecular complexity index is 558. The van der Waals surface area contributed by atoms with E-state index in [0.717, 1.165) is 0 Å². The van der Waals surface area contributed by atoms with Crippen LogP contribution in [-0.2, 0) is 0 Å². The largest absolute Gasteiger partial charge is 0.0998 e. The minimum Gasteiger partial charge on any atom is -0.0998 e. The highest BCUT2D eigenvalue weighted by molar-refractivity contribution is 5.48. The van der Waals surface area contributed by atoms with Gasteiger partial charge in [-0.3, -0.25) is 0 Å². The standard InChI is InChI=1S/C20H26/c1-13-7-9-15-17(3,4)19(15,11-13)20-12-14(2)8-10-16(20)18(20,5)6/h13-16H,11-12H2,1-6H3. The van der Waals surface area contributed by atoms with Crippen LogP contribution in [0, 0.1) is 69.0 Å². The topological polar surface area (TPSA) is 0 Å². The summed E-state index contributed by atoms with van der Waals surface area (Å²) in [6, 6.07) is 0. The van der Waals surface area contributed by atoms with Crippen molar-refractivity contribution in [2.45, 2.75) is 54.4 Å². The Morgan fingerprint density at radius 3 is 1.35 bits per heavy atom. The maximum Gasteiger partial charge on any atom is 0.0328 e. The lowest BCUT2D eigenvalue weighted by atomic mass is 9.65. The first kappa shape index (κ1) is 12.8. The monoisotopic (exact) mass is 266 g/mol. The van der Waals surface area contributed by atoms with Gasteiger partial charge in [-0.1, -0.05) is 65.2 Å². The van der Waals surface area contributed by atoms with Crippen LogP contribution in [0.4, 0.5) is 0 Å². The number of rotatable bonds is 1. The fourth-order valence-electron chi connectivity index (χ4n) is 6.62. The molecule has 0 heterocycles. The molecule has 20 heavy (non-hydrogen) atoms. The molecule has 6 unspecified atom stereocenters. The summed E-state index contributed by atoms with van der Waals surface area (Å²) in [6.07, 6.45) is 2.60. The van der Waals surface area contributed by atoms with Crippen LogP contribution in [0.15, 0.2) is 0 Å². The van der Waals surface area contributed by atoms with Gasteiger partial charge >= 0.3 is 0 Å². The highest BCUT2D eigenvalue weighted by Gasteiger charge is 2.90. The third-order valence-corrected chi connectivity index (χ3v) is 7.56. The first-order valence-electron chi connectivity index (χ1n) is 8.24. The second-order valence-electron chi connectivity index (χ2n) is 9.04. The first-order valence-corrected chi connectivity index (χ1v) is 8.24. The summed E-state index contributed by atoms with van der Waals surface area (Å²) in [4.78, 5) is 0. The fraction of sp³-hybridized carbons (Fsp3) is 0.800. The summed E-state index contributed by atoms with van der Waals surface area (Å²) in [6.45, 7) is 14.5. The Kier molecular flexibility index (Phi) is 2.01. The van der Waals surface area contributed by atoms with E-state index in [4.69, 9.17) is 0 Å². The molecule has 2 saturated carbocycles. The van der Waals surface area contributed by atoms with Crippen LogP contribution >= 0.6 is 0 Å². The molecule has 0 N–H and O–H groups in total. The van der Waals surface area contributed by atoms with Gasteiger partial charge in [0.2, 0.25) is 0 Å². The van der Waals surface area contributed by atoms with Gasteiger partial charge in [-0.25, -0.2) is 0 Å². The van der Waals surface area contributed by atoms with Crippen LogP contribution in [0.5, 0.6) is 0 Å². The lowest BCUT2D eigenvalue weighted by molar-refractivity contribution is 0.114. The van der Waals surface area contributed by atoms with Gasteiger partial charge in [0.25, 0.3) is 0 Å². The maximum absolute atomic E-state index is 3.64. The Hall–Kier alpha value is -0.880. The van der Waals surface area contributed by atoms with E-state index in [2.05, 4.69) is 65.2 Å². The molecule has 2 fully saturated rings. The molecule has 0 aliphatic heterocycles. The van der Waals surface area contributed by atoms with E-state index in [1.165, 1.54) is 12.8 Å². The van der Waals surface area contributed by atoms with Crippen molar-refractivity contribution in [1.29, 1.82) is 0 Å². The van der Waals surface area contributed by atoms with Gasteiger partial charge in [0, 0.05) is 23.7 Å². The van der Waals surface area contributed by atoms with E-state index in [1.807, 2.05) is 0 Å². The highest BCUT2D eigenvalue weighted by atomic mass is 14.9. The molecule has 0 nitrogen and oxygen atoms in total. The number of fused-ring (bicyclic) bond motifs is 3. The number of hydrogen-bond acceptors (Lipinski definition) is 0.